The number of aliphatic hydroxyl groups is 2. The molecule has 0 radical (unpaired) electrons. The minimum absolute atomic E-state index is 0.121. The van der Waals surface area contributed by atoms with Gasteiger partial charge in [0, 0.05) is 12.3 Å². The Kier molecular flexibility index (Phi) is 10.1. The van der Waals surface area contributed by atoms with E-state index in [-0.39, 0.29) is 18.7 Å². The Hall–Kier alpha value is -2.11. The fourth-order valence-corrected chi connectivity index (χ4v) is 2.97. The fraction of sp³-hybridized carbons (Fsp3) is 0.619. The number of benzene rings is 1. The second-order valence-electron chi connectivity index (χ2n) is 7.40. The van der Waals surface area contributed by atoms with E-state index in [9.17, 15) is 23.1 Å². The van der Waals surface area contributed by atoms with E-state index in [0.717, 1.165) is 51.0 Å². The largest absolute Gasteiger partial charge is 0.417 e. The molecule has 0 aliphatic rings. The first-order valence-electron chi connectivity index (χ1n) is 9.88. The summed E-state index contributed by atoms with van der Waals surface area (Å²) in [5.41, 5.74) is -3.48. The van der Waals surface area contributed by atoms with Crippen LogP contribution in [0.3, 0.4) is 0 Å². The van der Waals surface area contributed by atoms with E-state index in [2.05, 4.69) is 5.32 Å². The molecule has 8 heteroatoms. The number of carbonyl (C=O) groups is 1. The number of nitrogens with zero attached hydrogens (tertiary/aromatic N) is 1. The molecule has 0 bridgehead atoms. The summed E-state index contributed by atoms with van der Waals surface area (Å²) in [6.07, 6.45) is 2.96. The van der Waals surface area contributed by atoms with E-state index in [0.29, 0.717) is 12.5 Å². The number of aliphatic hydroxyl groups excluding tert-OH is 1. The lowest BCUT2D eigenvalue weighted by atomic mass is 9.96. The molecule has 0 aliphatic heterocycles. The second-order valence-corrected chi connectivity index (χ2v) is 7.40. The molecule has 0 saturated heterocycles. The number of anilines is 1. The normalized spacial score (nSPS) is 13.6. The van der Waals surface area contributed by atoms with Gasteiger partial charge in [-0.25, -0.2) is 0 Å². The average Bonchev–Trinajstić information content (AvgIpc) is 2.65. The van der Waals surface area contributed by atoms with Crippen LogP contribution in [0, 0.1) is 11.3 Å². The van der Waals surface area contributed by atoms with Crippen LogP contribution in [0.4, 0.5) is 18.9 Å². The lowest BCUT2D eigenvalue weighted by Gasteiger charge is -2.22. The van der Waals surface area contributed by atoms with Crippen molar-refractivity contribution in [3.63, 3.8) is 0 Å². The van der Waals surface area contributed by atoms with Crippen LogP contribution in [0.25, 0.3) is 0 Å². The third-order valence-electron chi connectivity index (χ3n) is 4.76. The van der Waals surface area contributed by atoms with Crippen LogP contribution in [0.5, 0.6) is 0 Å². The summed E-state index contributed by atoms with van der Waals surface area (Å²) < 4.78 is 39.1. The number of unbranched alkanes of at least 4 members (excludes halogenated alkanes) is 7. The average molecular weight is 414 g/mol. The van der Waals surface area contributed by atoms with E-state index < -0.39 is 28.8 Å². The van der Waals surface area contributed by atoms with E-state index in [1.807, 2.05) is 0 Å². The van der Waals surface area contributed by atoms with Crippen molar-refractivity contribution in [1.29, 1.82) is 5.26 Å². The summed E-state index contributed by atoms with van der Waals surface area (Å²) in [7, 11) is 0. The van der Waals surface area contributed by atoms with Crippen molar-refractivity contribution in [3.05, 3.63) is 29.3 Å². The first kappa shape index (κ1) is 24.9. The van der Waals surface area contributed by atoms with Crippen LogP contribution in [0.15, 0.2) is 18.2 Å². The van der Waals surface area contributed by atoms with Gasteiger partial charge in [-0.15, -0.1) is 0 Å². The number of hydrogen-bond donors (Lipinski definition) is 3. The highest BCUT2D eigenvalue weighted by molar-refractivity contribution is 5.96. The molecule has 0 aliphatic carbocycles. The summed E-state index contributed by atoms with van der Waals surface area (Å²) in [5, 5.41) is 30.2. The molecule has 1 atom stereocenters. The molecule has 162 valence electrons. The number of halogens is 3. The fourth-order valence-electron chi connectivity index (χ4n) is 2.97. The molecule has 1 rings (SSSR count). The van der Waals surface area contributed by atoms with Gasteiger partial charge < -0.3 is 15.5 Å². The highest BCUT2D eigenvalue weighted by atomic mass is 19.4. The molecule has 0 aromatic heterocycles. The Morgan fingerprint density at radius 2 is 1.62 bits per heavy atom. The number of nitrogens with one attached hydrogen (secondary N) is 1. The number of alkyl halides is 3. The van der Waals surface area contributed by atoms with Crippen LogP contribution in [-0.2, 0) is 11.0 Å². The zero-order valence-corrected chi connectivity index (χ0v) is 16.7. The molecular formula is C21H29F3N2O3. The molecule has 1 aromatic rings. The molecule has 0 saturated carbocycles. The minimum atomic E-state index is -4.72. The van der Waals surface area contributed by atoms with Gasteiger partial charge in [-0.05, 0) is 38.0 Å². The van der Waals surface area contributed by atoms with Crippen molar-refractivity contribution >= 4 is 11.6 Å². The minimum Gasteiger partial charge on any atom is -0.396 e. The zero-order valence-electron chi connectivity index (χ0n) is 16.7. The Morgan fingerprint density at radius 3 is 2.14 bits per heavy atom. The van der Waals surface area contributed by atoms with Gasteiger partial charge in [0.05, 0.1) is 17.2 Å². The molecule has 5 nitrogen and oxygen atoms in total. The smallest absolute Gasteiger partial charge is 0.396 e. The van der Waals surface area contributed by atoms with E-state index in [1.165, 1.54) is 19.1 Å². The maximum absolute atomic E-state index is 13.0. The highest BCUT2D eigenvalue weighted by Crippen LogP contribution is 2.33. The van der Waals surface area contributed by atoms with Crippen molar-refractivity contribution < 1.29 is 28.2 Å². The maximum atomic E-state index is 13.0. The van der Waals surface area contributed by atoms with E-state index in [4.69, 9.17) is 10.4 Å². The molecule has 29 heavy (non-hydrogen) atoms. The predicted molar refractivity (Wildman–Crippen MR) is 104 cm³/mol. The number of amides is 1. The van der Waals surface area contributed by atoms with Crippen molar-refractivity contribution in [2.45, 2.75) is 76.5 Å². The molecule has 1 amide bonds. The summed E-state index contributed by atoms with van der Waals surface area (Å²) in [6.45, 7) is 1.56. The van der Waals surface area contributed by atoms with Crippen LogP contribution in [0.2, 0.25) is 0 Å². The molecule has 1 unspecified atom stereocenters. The Bertz CT molecular complexity index is 697. The second kappa shape index (κ2) is 11.8. The topological polar surface area (TPSA) is 93.3 Å². The van der Waals surface area contributed by atoms with Crippen molar-refractivity contribution in [1.82, 2.24) is 0 Å². The Labute approximate surface area is 169 Å². The van der Waals surface area contributed by atoms with Crippen molar-refractivity contribution in [2.24, 2.45) is 0 Å². The summed E-state index contributed by atoms with van der Waals surface area (Å²) in [5.74, 6) is -0.778. The third kappa shape index (κ3) is 8.84. The SMILES string of the molecule is CC(O)(CCCCCCCCCCO)C(=O)Nc1ccc(C#N)c(C(F)(F)F)c1. The Morgan fingerprint density at radius 1 is 1.07 bits per heavy atom. The quantitative estimate of drug-likeness (QED) is 0.430. The van der Waals surface area contributed by atoms with Gasteiger partial charge in [-0.1, -0.05) is 44.9 Å². The molecular weight excluding hydrogens is 385 g/mol. The van der Waals surface area contributed by atoms with Gasteiger partial charge in [0.2, 0.25) is 0 Å². The highest BCUT2D eigenvalue weighted by Gasteiger charge is 2.35. The monoisotopic (exact) mass is 414 g/mol. The molecule has 0 spiro atoms. The molecule has 3 N–H and O–H groups in total. The van der Waals surface area contributed by atoms with Gasteiger partial charge in [-0.2, -0.15) is 18.4 Å². The van der Waals surface area contributed by atoms with Crippen LogP contribution in [-0.4, -0.2) is 28.3 Å². The maximum Gasteiger partial charge on any atom is 0.417 e. The number of nitriles is 1. The van der Waals surface area contributed by atoms with E-state index >= 15 is 0 Å². The first-order chi connectivity index (χ1) is 13.6. The number of hydrogen-bond acceptors (Lipinski definition) is 4. The van der Waals surface area contributed by atoms with Crippen molar-refractivity contribution in [3.8, 4) is 6.07 Å². The Balaban J connectivity index is 2.49. The lowest BCUT2D eigenvalue weighted by Crippen LogP contribution is -2.40. The zero-order chi connectivity index (χ0) is 21.9. The standard InChI is InChI=1S/C21H29F3N2O3/c1-20(29,12-8-6-4-2-3-5-7-9-13-27)19(28)26-17-11-10-16(15-25)18(14-17)21(22,23)24/h10-11,14,27,29H,2-9,12-13H2,1H3,(H,26,28). The van der Waals surface area contributed by atoms with Crippen LogP contribution >= 0.6 is 0 Å². The summed E-state index contributed by atoms with van der Waals surface area (Å²) in [6, 6.07) is 4.38. The van der Waals surface area contributed by atoms with E-state index in [1.54, 1.807) is 0 Å². The van der Waals surface area contributed by atoms with Crippen LogP contribution in [0.1, 0.15) is 75.8 Å². The molecule has 0 fully saturated rings. The van der Waals surface area contributed by atoms with Gasteiger partial charge in [0.15, 0.2) is 0 Å². The van der Waals surface area contributed by atoms with Gasteiger partial charge >= 0.3 is 6.18 Å². The van der Waals surface area contributed by atoms with Gasteiger partial charge in [-0.3, -0.25) is 4.79 Å². The third-order valence-corrected chi connectivity index (χ3v) is 4.76. The predicted octanol–water partition coefficient (Wildman–Crippen LogP) is 4.77. The number of rotatable bonds is 12. The van der Waals surface area contributed by atoms with Crippen molar-refractivity contribution in [2.75, 3.05) is 11.9 Å². The lowest BCUT2D eigenvalue weighted by molar-refractivity contribution is -0.138. The van der Waals surface area contributed by atoms with Gasteiger partial charge in [0.25, 0.3) is 5.91 Å². The first-order valence-corrected chi connectivity index (χ1v) is 9.88. The summed E-state index contributed by atoms with van der Waals surface area (Å²) >= 11 is 0. The number of carbonyl (C=O) groups excluding carboxylic acids is 1. The van der Waals surface area contributed by atoms with Crippen LogP contribution < -0.4 is 5.32 Å². The molecule has 0 heterocycles. The summed E-state index contributed by atoms with van der Waals surface area (Å²) in [4.78, 5) is 12.3. The van der Waals surface area contributed by atoms with Gasteiger partial charge in [0.1, 0.15) is 5.60 Å². The molecule has 1 aromatic carbocycles.